The molecule has 6 nitrogen and oxygen atoms in total. The van der Waals surface area contributed by atoms with Gasteiger partial charge in [0.05, 0.1) is 0 Å². The van der Waals surface area contributed by atoms with Crippen molar-refractivity contribution in [3.8, 4) is 0 Å². The molecular weight excluding hydrogens is 388 g/mol. The van der Waals surface area contributed by atoms with Crippen molar-refractivity contribution >= 4 is 11.8 Å². The van der Waals surface area contributed by atoms with E-state index in [0.29, 0.717) is 18.6 Å². The molecule has 1 aromatic carbocycles. The van der Waals surface area contributed by atoms with Crippen LogP contribution in [0.4, 0.5) is 0 Å². The lowest BCUT2D eigenvalue weighted by molar-refractivity contribution is -0.142. The van der Waals surface area contributed by atoms with Crippen molar-refractivity contribution in [3.05, 3.63) is 35.4 Å². The maximum Gasteiger partial charge on any atom is 0.243 e. The lowest BCUT2D eigenvalue weighted by Crippen LogP contribution is -2.58. The maximum absolute atomic E-state index is 13.3. The normalized spacial score (nSPS) is 29.1. The summed E-state index contributed by atoms with van der Waals surface area (Å²) in [4.78, 5) is 30.0. The number of hydrogen-bond donors (Lipinski definition) is 2. The van der Waals surface area contributed by atoms with Crippen LogP contribution in [0.2, 0.25) is 0 Å². The van der Waals surface area contributed by atoms with Crippen LogP contribution in [-0.4, -0.2) is 58.4 Å². The van der Waals surface area contributed by atoms with E-state index in [4.69, 9.17) is 5.73 Å². The van der Waals surface area contributed by atoms with Gasteiger partial charge in [-0.15, -0.1) is 0 Å². The third-order valence-electron chi connectivity index (χ3n) is 7.50. The summed E-state index contributed by atoms with van der Waals surface area (Å²) < 4.78 is 0. The third kappa shape index (κ3) is 5.47. The average Bonchev–Trinajstić information content (AvgIpc) is 3.59. The van der Waals surface area contributed by atoms with Crippen molar-refractivity contribution < 1.29 is 9.59 Å². The lowest BCUT2D eigenvalue weighted by Gasteiger charge is -2.43. The van der Waals surface area contributed by atoms with Gasteiger partial charge in [0, 0.05) is 44.2 Å². The third-order valence-corrected chi connectivity index (χ3v) is 7.50. The molecule has 1 unspecified atom stereocenters. The Morgan fingerprint density at radius 1 is 1.06 bits per heavy atom. The van der Waals surface area contributed by atoms with Crippen molar-refractivity contribution in [1.29, 1.82) is 0 Å². The fourth-order valence-electron chi connectivity index (χ4n) is 5.38. The summed E-state index contributed by atoms with van der Waals surface area (Å²) in [6.45, 7) is 5.35. The zero-order valence-electron chi connectivity index (χ0n) is 19.1. The molecule has 3 fully saturated rings. The number of rotatable bonds is 6. The first-order chi connectivity index (χ1) is 14.9. The van der Waals surface area contributed by atoms with Gasteiger partial charge in [-0.25, -0.2) is 0 Å². The Morgan fingerprint density at radius 3 is 2.42 bits per heavy atom. The van der Waals surface area contributed by atoms with Crippen LogP contribution in [0.1, 0.15) is 69.4 Å². The number of hydrogen-bond acceptors (Lipinski definition) is 4. The molecule has 1 aromatic rings. The highest BCUT2D eigenvalue weighted by molar-refractivity contribution is 5.87. The van der Waals surface area contributed by atoms with Gasteiger partial charge in [0.1, 0.15) is 6.04 Å². The van der Waals surface area contributed by atoms with E-state index in [2.05, 4.69) is 41.4 Å². The number of aryl methyl sites for hydroxylation is 1. The molecule has 2 atom stereocenters. The Labute approximate surface area is 186 Å². The molecule has 170 valence electrons. The fraction of sp³-hybridized carbons (Fsp3) is 0.680. The molecule has 1 aliphatic heterocycles. The summed E-state index contributed by atoms with van der Waals surface area (Å²) in [5.41, 5.74) is 8.70. The van der Waals surface area contributed by atoms with Gasteiger partial charge in [0.15, 0.2) is 0 Å². The summed E-state index contributed by atoms with van der Waals surface area (Å²) in [6, 6.07) is 9.60. The van der Waals surface area contributed by atoms with Crippen molar-refractivity contribution in [2.45, 2.75) is 102 Å². The minimum Gasteiger partial charge on any atom is -0.352 e. The van der Waals surface area contributed by atoms with Crippen LogP contribution >= 0.6 is 0 Å². The smallest absolute Gasteiger partial charge is 0.243 e. The molecule has 31 heavy (non-hydrogen) atoms. The summed E-state index contributed by atoms with van der Waals surface area (Å²) in [7, 11) is 0. The van der Waals surface area contributed by atoms with Crippen LogP contribution in [0.5, 0.6) is 0 Å². The van der Waals surface area contributed by atoms with Gasteiger partial charge in [0.25, 0.3) is 0 Å². The van der Waals surface area contributed by atoms with Gasteiger partial charge < -0.3 is 16.0 Å². The molecular formula is C25H38N4O2. The second-order valence-corrected chi connectivity index (χ2v) is 9.86. The number of carbonyl (C=O) groups is 2. The standard InChI is InChI=1S/C25H38N4O2/c1-17-5-3-4-6-19(17)16-29(22-11-12-22)23-13-14-28(18(2)30)24(15-23)25(31)27-21-9-7-20(26)8-10-21/h3-6,20-24H,7-16,26H2,1-2H3,(H,27,31)/t20?,21?,23?,24-/m1/s1. The van der Waals surface area contributed by atoms with Crippen LogP contribution in [-0.2, 0) is 16.1 Å². The number of likely N-dealkylation sites (tertiary alicyclic amines) is 1. The van der Waals surface area contributed by atoms with Crippen LogP contribution in [0.25, 0.3) is 0 Å². The van der Waals surface area contributed by atoms with E-state index in [1.165, 1.54) is 24.0 Å². The first-order valence-corrected chi connectivity index (χ1v) is 12.1. The summed E-state index contributed by atoms with van der Waals surface area (Å²) in [6.07, 6.45) is 7.91. The van der Waals surface area contributed by atoms with E-state index in [1.54, 1.807) is 11.8 Å². The molecule has 4 rings (SSSR count). The fourth-order valence-corrected chi connectivity index (χ4v) is 5.38. The number of nitrogens with two attached hydrogens (primary N) is 1. The highest BCUT2D eigenvalue weighted by Gasteiger charge is 2.41. The molecule has 0 bridgehead atoms. The van der Waals surface area contributed by atoms with Crippen molar-refractivity contribution in [2.24, 2.45) is 5.73 Å². The van der Waals surface area contributed by atoms with Crippen LogP contribution < -0.4 is 11.1 Å². The number of benzene rings is 1. The van der Waals surface area contributed by atoms with Gasteiger partial charge in [-0.3, -0.25) is 14.5 Å². The molecule has 0 aromatic heterocycles. The largest absolute Gasteiger partial charge is 0.352 e. The first-order valence-electron chi connectivity index (χ1n) is 12.1. The number of piperidine rings is 1. The van der Waals surface area contributed by atoms with E-state index in [9.17, 15) is 9.59 Å². The molecule has 2 saturated carbocycles. The number of amides is 2. The maximum atomic E-state index is 13.3. The Balaban J connectivity index is 1.46. The van der Waals surface area contributed by atoms with E-state index in [1.807, 2.05) is 0 Å². The van der Waals surface area contributed by atoms with Gasteiger partial charge >= 0.3 is 0 Å². The van der Waals surface area contributed by atoms with Crippen LogP contribution in [0, 0.1) is 6.92 Å². The minimum absolute atomic E-state index is 0.00106. The van der Waals surface area contributed by atoms with Crippen LogP contribution in [0.3, 0.4) is 0 Å². The van der Waals surface area contributed by atoms with E-state index in [0.717, 1.165) is 45.1 Å². The van der Waals surface area contributed by atoms with E-state index < -0.39 is 0 Å². The molecule has 3 N–H and O–H groups in total. The Morgan fingerprint density at radius 2 is 1.77 bits per heavy atom. The summed E-state index contributed by atoms with van der Waals surface area (Å²) >= 11 is 0. The van der Waals surface area contributed by atoms with Crippen molar-refractivity contribution in [1.82, 2.24) is 15.1 Å². The van der Waals surface area contributed by atoms with E-state index in [-0.39, 0.29) is 29.9 Å². The predicted molar refractivity (Wildman–Crippen MR) is 122 cm³/mol. The topological polar surface area (TPSA) is 78.7 Å². The molecule has 2 aliphatic carbocycles. The summed E-state index contributed by atoms with van der Waals surface area (Å²) in [5.74, 6) is 0.0214. The molecule has 3 aliphatic rings. The Bertz CT molecular complexity index is 785. The lowest BCUT2D eigenvalue weighted by atomic mass is 9.90. The molecule has 2 amide bonds. The number of carbonyl (C=O) groups excluding carboxylic acids is 2. The number of nitrogens with zero attached hydrogens (tertiary/aromatic N) is 2. The first kappa shape index (κ1) is 22.3. The Hall–Kier alpha value is -1.92. The van der Waals surface area contributed by atoms with Crippen LogP contribution in [0.15, 0.2) is 24.3 Å². The molecule has 6 heteroatoms. The Kier molecular flexibility index (Phi) is 6.97. The van der Waals surface area contributed by atoms with Crippen molar-refractivity contribution in [2.75, 3.05) is 6.54 Å². The SMILES string of the molecule is CC(=O)N1CCC(N(Cc2ccccc2C)C2CC2)C[C@@H]1C(=O)NC1CCC(N)CC1. The van der Waals surface area contributed by atoms with Crippen molar-refractivity contribution in [3.63, 3.8) is 0 Å². The second-order valence-electron chi connectivity index (χ2n) is 9.86. The minimum atomic E-state index is -0.370. The summed E-state index contributed by atoms with van der Waals surface area (Å²) in [5, 5.41) is 3.25. The van der Waals surface area contributed by atoms with Gasteiger partial charge in [-0.05, 0) is 69.4 Å². The van der Waals surface area contributed by atoms with Gasteiger partial charge in [-0.2, -0.15) is 0 Å². The highest BCUT2D eigenvalue weighted by Crippen LogP contribution is 2.35. The molecule has 1 saturated heterocycles. The van der Waals surface area contributed by atoms with Gasteiger partial charge in [0.2, 0.25) is 11.8 Å². The monoisotopic (exact) mass is 426 g/mol. The molecule has 0 radical (unpaired) electrons. The molecule has 0 spiro atoms. The zero-order chi connectivity index (χ0) is 22.0. The molecule has 1 heterocycles. The highest BCUT2D eigenvalue weighted by atomic mass is 16.2. The average molecular weight is 427 g/mol. The zero-order valence-corrected chi connectivity index (χ0v) is 19.1. The quantitative estimate of drug-likeness (QED) is 0.733. The number of nitrogens with one attached hydrogen (secondary N) is 1. The van der Waals surface area contributed by atoms with Gasteiger partial charge in [-0.1, -0.05) is 24.3 Å². The predicted octanol–water partition coefficient (Wildman–Crippen LogP) is 2.73. The van der Waals surface area contributed by atoms with E-state index >= 15 is 0 Å². The second kappa shape index (κ2) is 9.70.